The fourth-order valence-corrected chi connectivity index (χ4v) is 7.26. The van der Waals surface area contributed by atoms with E-state index < -0.39 is 28.5 Å². The molecule has 4 rings (SSSR count). The number of hydrogen-bond acceptors (Lipinski definition) is 4. The number of benzene rings is 3. The summed E-state index contributed by atoms with van der Waals surface area (Å²) >= 11 is 12.9. The molecule has 0 saturated heterocycles. The number of carbonyl (C=O) groups is 2. The van der Waals surface area contributed by atoms with Gasteiger partial charge in [-0.2, -0.15) is 0 Å². The third-order valence-corrected chi connectivity index (χ3v) is 10.3. The van der Waals surface area contributed by atoms with Gasteiger partial charge in [0, 0.05) is 28.2 Å². The van der Waals surface area contributed by atoms with Crippen molar-refractivity contribution in [1.82, 2.24) is 10.2 Å². The molecular formula is C32H37Cl2N3O4S. The predicted octanol–water partition coefficient (Wildman–Crippen LogP) is 6.59. The molecule has 2 amide bonds. The lowest BCUT2D eigenvalue weighted by atomic mass is 10.1. The van der Waals surface area contributed by atoms with Gasteiger partial charge in [-0.15, -0.1) is 0 Å². The van der Waals surface area contributed by atoms with Gasteiger partial charge in [0.15, 0.2) is 0 Å². The predicted molar refractivity (Wildman–Crippen MR) is 168 cm³/mol. The first-order chi connectivity index (χ1) is 19.9. The van der Waals surface area contributed by atoms with Gasteiger partial charge in [-0.3, -0.25) is 13.9 Å². The molecule has 0 radical (unpaired) electrons. The third kappa shape index (κ3) is 7.28. The second-order valence-electron chi connectivity index (χ2n) is 11.0. The van der Waals surface area contributed by atoms with Crippen molar-refractivity contribution in [3.05, 3.63) is 93.0 Å². The van der Waals surface area contributed by atoms with Crippen LogP contribution in [0.1, 0.15) is 54.9 Å². The average Bonchev–Trinajstić information content (AvgIpc) is 3.45. The van der Waals surface area contributed by atoms with Crippen LogP contribution in [0.3, 0.4) is 0 Å². The van der Waals surface area contributed by atoms with Crippen molar-refractivity contribution in [1.29, 1.82) is 0 Å². The van der Waals surface area contributed by atoms with Crippen LogP contribution in [0.25, 0.3) is 0 Å². The molecule has 1 atom stereocenters. The Hall–Kier alpha value is -3.07. The van der Waals surface area contributed by atoms with Crippen molar-refractivity contribution in [2.45, 2.75) is 76.9 Å². The second kappa shape index (κ2) is 13.5. The SMILES string of the molecule is Cc1ccc(S(=O)(=O)N(CC(=O)N(Cc2c(Cl)cccc2Cl)C(C)C(=O)NC2CCCC2)c2ccc(C)cc2C)cc1. The van der Waals surface area contributed by atoms with Gasteiger partial charge < -0.3 is 10.2 Å². The standard InChI is InChI=1S/C32H37Cl2N3O4S/c1-21-12-15-26(16-13-21)42(40,41)37(30-17-14-22(2)18-23(30)3)20-31(38)36(19-27-28(33)10-7-11-29(27)34)24(4)32(39)35-25-8-5-6-9-25/h7,10-18,24-25H,5-6,8-9,19-20H2,1-4H3,(H,35,39). The van der Waals surface area contributed by atoms with Crippen LogP contribution in [0, 0.1) is 20.8 Å². The molecule has 3 aromatic carbocycles. The van der Waals surface area contributed by atoms with E-state index in [1.807, 2.05) is 32.9 Å². The number of carbonyl (C=O) groups excluding carboxylic acids is 2. The highest BCUT2D eigenvalue weighted by molar-refractivity contribution is 7.92. The van der Waals surface area contributed by atoms with Crippen molar-refractivity contribution in [3.63, 3.8) is 0 Å². The molecule has 1 aliphatic carbocycles. The van der Waals surface area contributed by atoms with Crippen LogP contribution in [0.2, 0.25) is 10.0 Å². The van der Waals surface area contributed by atoms with Crippen LogP contribution in [0.4, 0.5) is 5.69 Å². The fourth-order valence-electron chi connectivity index (χ4n) is 5.26. The van der Waals surface area contributed by atoms with Crippen molar-refractivity contribution < 1.29 is 18.0 Å². The molecule has 0 aliphatic heterocycles. The number of anilines is 1. The van der Waals surface area contributed by atoms with Crippen molar-refractivity contribution >= 4 is 50.7 Å². The van der Waals surface area contributed by atoms with Gasteiger partial charge >= 0.3 is 0 Å². The number of amides is 2. The highest BCUT2D eigenvalue weighted by atomic mass is 35.5. The quantitative estimate of drug-likeness (QED) is 0.274. The van der Waals surface area contributed by atoms with Gasteiger partial charge in [0.2, 0.25) is 11.8 Å². The summed E-state index contributed by atoms with van der Waals surface area (Å²) in [5.41, 5.74) is 3.43. The van der Waals surface area contributed by atoms with E-state index in [2.05, 4.69) is 5.32 Å². The summed E-state index contributed by atoms with van der Waals surface area (Å²) in [7, 11) is -4.16. The topological polar surface area (TPSA) is 86.8 Å². The van der Waals surface area contributed by atoms with Crippen LogP contribution < -0.4 is 9.62 Å². The number of rotatable bonds is 10. The molecule has 224 valence electrons. The zero-order valence-corrected chi connectivity index (χ0v) is 26.7. The summed E-state index contributed by atoms with van der Waals surface area (Å²) in [6.45, 7) is 6.65. The second-order valence-corrected chi connectivity index (χ2v) is 13.7. The zero-order valence-electron chi connectivity index (χ0n) is 24.4. The molecule has 1 unspecified atom stereocenters. The Balaban J connectivity index is 1.74. The van der Waals surface area contributed by atoms with Gasteiger partial charge in [0.25, 0.3) is 10.0 Å². The van der Waals surface area contributed by atoms with E-state index in [4.69, 9.17) is 23.2 Å². The summed E-state index contributed by atoms with van der Waals surface area (Å²) in [5, 5.41) is 3.76. The monoisotopic (exact) mass is 629 g/mol. The smallest absolute Gasteiger partial charge is 0.264 e. The molecule has 0 bridgehead atoms. The van der Waals surface area contributed by atoms with E-state index in [9.17, 15) is 18.0 Å². The minimum Gasteiger partial charge on any atom is -0.352 e. The first kappa shape index (κ1) is 31.9. The molecule has 1 N–H and O–H groups in total. The van der Waals surface area contributed by atoms with E-state index in [1.165, 1.54) is 17.0 Å². The van der Waals surface area contributed by atoms with Gasteiger partial charge in [0.05, 0.1) is 10.6 Å². The van der Waals surface area contributed by atoms with Crippen LogP contribution in [-0.2, 0) is 26.2 Å². The average molecular weight is 631 g/mol. The fraction of sp³-hybridized carbons (Fsp3) is 0.375. The highest BCUT2D eigenvalue weighted by Crippen LogP contribution is 2.30. The number of sulfonamides is 1. The molecule has 1 fully saturated rings. The maximum absolute atomic E-state index is 14.2. The van der Waals surface area contributed by atoms with E-state index in [1.54, 1.807) is 43.3 Å². The van der Waals surface area contributed by atoms with Crippen molar-refractivity contribution in [2.75, 3.05) is 10.8 Å². The lowest BCUT2D eigenvalue weighted by Gasteiger charge is -2.33. The van der Waals surface area contributed by atoms with Crippen LogP contribution >= 0.6 is 23.2 Å². The number of aryl methyl sites for hydroxylation is 3. The molecule has 1 saturated carbocycles. The number of nitrogens with zero attached hydrogens (tertiary/aromatic N) is 2. The Morgan fingerprint density at radius 3 is 2.12 bits per heavy atom. The first-order valence-corrected chi connectivity index (χ1v) is 16.3. The van der Waals surface area contributed by atoms with E-state index in [0.717, 1.165) is 41.1 Å². The Morgan fingerprint density at radius 1 is 0.929 bits per heavy atom. The molecule has 7 nitrogen and oxygen atoms in total. The largest absolute Gasteiger partial charge is 0.352 e. The molecule has 0 spiro atoms. The summed E-state index contributed by atoms with van der Waals surface area (Å²) in [6.07, 6.45) is 3.86. The van der Waals surface area contributed by atoms with Crippen molar-refractivity contribution in [3.8, 4) is 0 Å². The highest BCUT2D eigenvalue weighted by Gasteiger charge is 2.34. The summed E-state index contributed by atoms with van der Waals surface area (Å²) in [5.74, 6) is -0.867. The molecule has 10 heteroatoms. The van der Waals surface area contributed by atoms with E-state index in [-0.39, 0.29) is 23.4 Å². The molecule has 1 aliphatic rings. The Kier molecular flexibility index (Phi) is 10.2. The summed E-state index contributed by atoms with van der Waals surface area (Å²) in [4.78, 5) is 29.0. The Bertz CT molecular complexity index is 1530. The van der Waals surface area contributed by atoms with Gasteiger partial charge in [-0.1, -0.05) is 77.5 Å². The van der Waals surface area contributed by atoms with Gasteiger partial charge in [-0.25, -0.2) is 8.42 Å². The lowest BCUT2D eigenvalue weighted by molar-refractivity contribution is -0.139. The summed E-state index contributed by atoms with van der Waals surface area (Å²) in [6, 6.07) is 16.1. The minimum atomic E-state index is -4.16. The zero-order chi connectivity index (χ0) is 30.6. The van der Waals surface area contributed by atoms with E-state index >= 15 is 0 Å². The molecule has 0 aromatic heterocycles. The maximum atomic E-state index is 14.2. The number of halogens is 2. The normalized spacial score (nSPS) is 14.4. The van der Waals surface area contributed by atoms with Crippen LogP contribution in [0.15, 0.2) is 65.6 Å². The first-order valence-electron chi connectivity index (χ1n) is 14.1. The molecule has 3 aromatic rings. The lowest BCUT2D eigenvalue weighted by Crippen LogP contribution is -2.52. The number of hydrogen-bond donors (Lipinski definition) is 1. The van der Waals surface area contributed by atoms with Crippen molar-refractivity contribution in [2.24, 2.45) is 0 Å². The molecule has 0 heterocycles. The number of nitrogens with one attached hydrogen (secondary N) is 1. The van der Waals surface area contributed by atoms with E-state index in [0.29, 0.717) is 26.9 Å². The molecule has 42 heavy (non-hydrogen) atoms. The maximum Gasteiger partial charge on any atom is 0.264 e. The van der Waals surface area contributed by atoms with Gasteiger partial charge in [0.1, 0.15) is 12.6 Å². The summed E-state index contributed by atoms with van der Waals surface area (Å²) < 4.78 is 29.3. The van der Waals surface area contributed by atoms with Gasteiger partial charge in [-0.05, 0) is 76.4 Å². The Morgan fingerprint density at radius 2 is 1.52 bits per heavy atom. The minimum absolute atomic E-state index is 0.0504. The van der Waals surface area contributed by atoms with Crippen LogP contribution in [-0.4, -0.2) is 43.8 Å². The van der Waals surface area contributed by atoms with Crippen LogP contribution in [0.5, 0.6) is 0 Å². The third-order valence-electron chi connectivity index (χ3n) is 7.77. The molecular weight excluding hydrogens is 593 g/mol. The Labute approximate surface area is 258 Å².